The smallest absolute Gasteiger partial charge is 0.254 e. The van der Waals surface area contributed by atoms with Crippen LogP contribution in [0.1, 0.15) is 29.1 Å². The van der Waals surface area contributed by atoms with Gasteiger partial charge in [0.05, 0.1) is 23.5 Å². The van der Waals surface area contributed by atoms with Crippen LogP contribution in [0.5, 0.6) is 0 Å². The normalized spacial score (nSPS) is 12.1. The van der Waals surface area contributed by atoms with E-state index in [0.717, 1.165) is 0 Å². The van der Waals surface area contributed by atoms with Gasteiger partial charge in [0, 0.05) is 6.20 Å². The van der Waals surface area contributed by atoms with Crippen LogP contribution in [0.3, 0.4) is 0 Å². The lowest BCUT2D eigenvalue weighted by Crippen LogP contribution is -2.28. The van der Waals surface area contributed by atoms with Crippen LogP contribution in [0, 0.1) is 0 Å². The molecular weight excluding hydrogens is 222 g/mol. The molecule has 0 aliphatic rings. The molecule has 0 spiro atoms. The number of nitrogens with two attached hydrogens (primary N) is 1. The molecule has 8 heteroatoms. The molecular formula is C9H11N7O. The molecule has 2 aromatic rings. The van der Waals surface area contributed by atoms with Crippen molar-refractivity contribution in [1.82, 2.24) is 30.9 Å². The van der Waals surface area contributed by atoms with Crippen molar-refractivity contribution in [3.05, 3.63) is 29.8 Å². The first-order valence-corrected chi connectivity index (χ1v) is 4.92. The standard InChI is InChI=1S/C9H11N7O/c1-5(8-13-15-16-14-8)12-9(17)6-2-3-11-4-7(6)10/h2-5H,10H2,1H3,(H,12,17)(H,13,14,15,16). The SMILES string of the molecule is CC(NC(=O)c1ccncc1N)c1nn[nH]n1. The number of rotatable bonds is 3. The lowest BCUT2D eigenvalue weighted by molar-refractivity contribution is 0.0939. The summed E-state index contributed by atoms with van der Waals surface area (Å²) >= 11 is 0. The zero-order chi connectivity index (χ0) is 12.3. The summed E-state index contributed by atoms with van der Waals surface area (Å²) < 4.78 is 0. The summed E-state index contributed by atoms with van der Waals surface area (Å²) in [6, 6.07) is 1.20. The Morgan fingerprint density at radius 3 is 3.06 bits per heavy atom. The third kappa shape index (κ3) is 2.36. The topological polar surface area (TPSA) is 122 Å². The first-order valence-electron chi connectivity index (χ1n) is 4.92. The highest BCUT2D eigenvalue weighted by Gasteiger charge is 2.16. The summed E-state index contributed by atoms with van der Waals surface area (Å²) in [7, 11) is 0. The fourth-order valence-corrected chi connectivity index (χ4v) is 1.31. The van der Waals surface area contributed by atoms with Gasteiger partial charge in [-0.25, -0.2) is 0 Å². The minimum atomic E-state index is -0.353. The van der Waals surface area contributed by atoms with Gasteiger partial charge in [-0.05, 0) is 13.0 Å². The van der Waals surface area contributed by atoms with E-state index in [-0.39, 0.29) is 11.9 Å². The van der Waals surface area contributed by atoms with Crippen molar-refractivity contribution >= 4 is 11.6 Å². The summed E-state index contributed by atoms with van der Waals surface area (Å²) in [6.07, 6.45) is 2.93. The molecule has 0 aliphatic heterocycles. The fraction of sp³-hybridized carbons (Fsp3) is 0.222. The highest BCUT2D eigenvalue weighted by molar-refractivity contribution is 5.98. The zero-order valence-electron chi connectivity index (χ0n) is 9.08. The van der Waals surface area contributed by atoms with Gasteiger partial charge in [0.1, 0.15) is 0 Å². The third-order valence-corrected chi connectivity index (χ3v) is 2.19. The maximum absolute atomic E-state index is 11.9. The number of tetrazole rings is 1. The van der Waals surface area contributed by atoms with Gasteiger partial charge in [-0.15, -0.1) is 10.2 Å². The van der Waals surface area contributed by atoms with E-state index in [1.807, 2.05) is 0 Å². The van der Waals surface area contributed by atoms with Crippen LogP contribution in [-0.2, 0) is 0 Å². The van der Waals surface area contributed by atoms with Crippen LogP contribution in [0.2, 0.25) is 0 Å². The molecule has 0 aliphatic carbocycles. The van der Waals surface area contributed by atoms with Gasteiger partial charge in [-0.1, -0.05) is 5.21 Å². The van der Waals surface area contributed by atoms with E-state index in [1.54, 1.807) is 13.0 Å². The minimum Gasteiger partial charge on any atom is -0.397 e. The van der Waals surface area contributed by atoms with Gasteiger partial charge in [-0.2, -0.15) is 5.21 Å². The Hall–Kier alpha value is -2.51. The summed E-state index contributed by atoms with van der Waals surface area (Å²) in [4.78, 5) is 15.7. The number of pyridine rings is 1. The van der Waals surface area contributed by atoms with Crippen LogP contribution >= 0.6 is 0 Å². The highest BCUT2D eigenvalue weighted by atomic mass is 16.1. The summed E-state index contributed by atoms with van der Waals surface area (Å²) in [5.41, 5.74) is 6.34. The van der Waals surface area contributed by atoms with Crippen LogP contribution in [0.4, 0.5) is 5.69 Å². The van der Waals surface area contributed by atoms with Gasteiger partial charge in [-0.3, -0.25) is 9.78 Å². The number of aromatic amines is 1. The molecule has 0 bridgehead atoms. The van der Waals surface area contributed by atoms with E-state index in [2.05, 4.69) is 30.9 Å². The molecule has 2 aromatic heterocycles. The molecule has 2 rings (SSSR count). The quantitative estimate of drug-likeness (QED) is 0.667. The average molecular weight is 233 g/mol. The van der Waals surface area contributed by atoms with Crippen molar-refractivity contribution < 1.29 is 4.79 Å². The van der Waals surface area contributed by atoms with Crippen molar-refractivity contribution in [1.29, 1.82) is 0 Å². The molecule has 88 valence electrons. The zero-order valence-corrected chi connectivity index (χ0v) is 9.08. The first-order chi connectivity index (χ1) is 8.18. The number of nitrogens with zero attached hydrogens (tertiary/aromatic N) is 4. The Labute approximate surface area is 96.6 Å². The van der Waals surface area contributed by atoms with Crippen LogP contribution in [0.15, 0.2) is 18.5 Å². The van der Waals surface area contributed by atoms with Gasteiger partial charge >= 0.3 is 0 Å². The largest absolute Gasteiger partial charge is 0.397 e. The van der Waals surface area contributed by atoms with E-state index in [1.165, 1.54) is 12.4 Å². The number of nitrogens with one attached hydrogen (secondary N) is 2. The van der Waals surface area contributed by atoms with Gasteiger partial charge in [0.2, 0.25) is 0 Å². The molecule has 0 saturated heterocycles. The Balaban J connectivity index is 2.10. The van der Waals surface area contributed by atoms with Crippen LogP contribution in [-0.4, -0.2) is 31.5 Å². The number of amides is 1. The number of carbonyl (C=O) groups is 1. The molecule has 0 saturated carbocycles. The number of nitrogen functional groups attached to an aromatic ring is 1. The molecule has 1 atom stereocenters. The van der Waals surface area contributed by atoms with Crippen molar-refractivity contribution in [2.75, 3.05) is 5.73 Å². The van der Waals surface area contributed by atoms with Gasteiger partial charge in [0.25, 0.3) is 5.91 Å². The lowest BCUT2D eigenvalue weighted by Gasteiger charge is -2.10. The summed E-state index contributed by atoms with van der Waals surface area (Å²) in [6.45, 7) is 1.75. The van der Waals surface area contributed by atoms with Gasteiger partial charge in [0.15, 0.2) is 5.82 Å². The summed E-state index contributed by atoms with van der Waals surface area (Å²) in [5, 5.41) is 16.0. The maximum atomic E-state index is 11.9. The molecule has 1 amide bonds. The fourth-order valence-electron chi connectivity index (χ4n) is 1.31. The molecule has 4 N–H and O–H groups in total. The third-order valence-electron chi connectivity index (χ3n) is 2.19. The Morgan fingerprint density at radius 2 is 2.41 bits per heavy atom. The monoisotopic (exact) mass is 233 g/mol. The van der Waals surface area contributed by atoms with Crippen molar-refractivity contribution in [3.63, 3.8) is 0 Å². The second-order valence-electron chi connectivity index (χ2n) is 3.43. The Kier molecular flexibility index (Phi) is 2.95. The van der Waals surface area contributed by atoms with Crippen molar-refractivity contribution in [3.8, 4) is 0 Å². The van der Waals surface area contributed by atoms with Gasteiger partial charge < -0.3 is 11.1 Å². The molecule has 0 fully saturated rings. The number of carbonyl (C=O) groups excluding carboxylic acids is 1. The van der Waals surface area contributed by atoms with E-state index in [0.29, 0.717) is 17.1 Å². The Morgan fingerprint density at radius 1 is 1.59 bits per heavy atom. The number of anilines is 1. The molecule has 1 unspecified atom stereocenters. The molecule has 0 radical (unpaired) electrons. The van der Waals surface area contributed by atoms with Crippen molar-refractivity contribution in [2.45, 2.75) is 13.0 Å². The second-order valence-corrected chi connectivity index (χ2v) is 3.43. The number of hydrogen-bond acceptors (Lipinski definition) is 6. The van der Waals surface area contributed by atoms with E-state index in [9.17, 15) is 4.79 Å². The van der Waals surface area contributed by atoms with E-state index in [4.69, 9.17) is 5.73 Å². The van der Waals surface area contributed by atoms with E-state index < -0.39 is 0 Å². The average Bonchev–Trinajstić information content (AvgIpc) is 2.82. The van der Waals surface area contributed by atoms with Crippen LogP contribution in [0.25, 0.3) is 0 Å². The van der Waals surface area contributed by atoms with E-state index >= 15 is 0 Å². The second kappa shape index (κ2) is 4.56. The molecule has 17 heavy (non-hydrogen) atoms. The predicted octanol–water partition coefficient (Wildman–Crippen LogP) is -0.332. The number of aromatic nitrogens is 5. The molecule has 2 heterocycles. The number of hydrogen-bond donors (Lipinski definition) is 3. The predicted molar refractivity (Wildman–Crippen MR) is 58.7 cm³/mol. The van der Waals surface area contributed by atoms with Crippen molar-refractivity contribution in [2.24, 2.45) is 0 Å². The maximum Gasteiger partial charge on any atom is 0.254 e. The molecule has 0 aromatic carbocycles. The molecule has 8 nitrogen and oxygen atoms in total. The Bertz CT molecular complexity index is 510. The number of H-pyrrole nitrogens is 1. The van der Waals surface area contributed by atoms with Crippen LogP contribution < -0.4 is 11.1 Å². The highest BCUT2D eigenvalue weighted by Crippen LogP contribution is 2.11. The summed E-state index contributed by atoms with van der Waals surface area (Å²) in [5.74, 6) is 0.105. The lowest BCUT2D eigenvalue weighted by atomic mass is 10.2. The first kappa shape index (κ1) is 11.0. The minimum absolute atomic E-state index is 0.304.